The number of hydrogen-bond donors (Lipinski definition) is 1. The van der Waals surface area contributed by atoms with E-state index in [1.807, 2.05) is 49.4 Å². The molecule has 9 heteroatoms. The van der Waals surface area contributed by atoms with Crippen LogP contribution in [0.15, 0.2) is 42.5 Å². The molecule has 1 saturated heterocycles. The number of anilines is 2. The van der Waals surface area contributed by atoms with Gasteiger partial charge in [-0.3, -0.25) is 9.59 Å². The summed E-state index contributed by atoms with van der Waals surface area (Å²) in [6, 6.07) is 13.3. The van der Waals surface area contributed by atoms with Crippen LogP contribution in [0.1, 0.15) is 22.6 Å². The molecular weight excluding hydrogens is 428 g/mol. The number of hydrogen-bond acceptors (Lipinski definition) is 7. The first-order chi connectivity index (χ1) is 15.5. The van der Waals surface area contributed by atoms with Gasteiger partial charge in [0.1, 0.15) is 5.01 Å². The Kier molecular flexibility index (Phi) is 6.36. The molecule has 0 aliphatic carbocycles. The van der Waals surface area contributed by atoms with Crippen LogP contribution in [0.4, 0.5) is 10.8 Å². The molecule has 0 bridgehead atoms. The van der Waals surface area contributed by atoms with Crippen LogP contribution in [-0.2, 0) is 16.0 Å². The maximum Gasteiger partial charge on any atom is 0.231 e. The Morgan fingerprint density at radius 1 is 1.16 bits per heavy atom. The van der Waals surface area contributed by atoms with Crippen molar-refractivity contribution in [2.75, 3.05) is 31.0 Å². The van der Waals surface area contributed by atoms with E-state index in [9.17, 15) is 9.59 Å². The van der Waals surface area contributed by atoms with Crippen LogP contribution in [0, 0.1) is 12.8 Å². The molecule has 0 radical (unpaired) electrons. The van der Waals surface area contributed by atoms with E-state index in [1.54, 1.807) is 19.1 Å². The Bertz CT molecular complexity index is 1150. The average Bonchev–Trinajstić information content (AvgIpc) is 3.40. The number of benzene rings is 2. The number of para-hydroxylation sites is 1. The molecule has 1 fully saturated rings. The van der Waals surface area contributed by atoms with Crippen molar-refractivity contribution in [1.29, 1.82) is 0 Å². The number of rotatable bonds is 7. The van der Waals surface area contributed by atoms with Gasteiger partial charge in [0.2, 0.25) is 16.9 Å². The first-order valence-corrected chi connectivity index (χ1v) is 11.0. The summed E-state index contributed by atoms with van der Waals surface area (Å²) >= 11 is 1.31. The molecule has 8 nitrogen and oxygen atoms in total. The summed E-state index contributed by atoms with van der Waals surface area (Å²) < 4.78 is 10.6. The SMILES string of the molecule is COc1ccc(Cc2nnc(NC(=O)[C@H]3CC(=O)N(c4ccccc4C)C3)s2)cc1OC. The molecule has 2 aromatic carbocycles. The first kappa shape index (κ1) is 21.8. The smallest absolute Gasteiger partial charge is 0.231 e. The van der Waals surface area contributed by atoms with Crippen molar-refractivity contribution >= 4 is 34.0 Å². The van der Waals surface area contributed by atoms with E-state index in [0.29, 0.717) is 29.6 Å². The molecule has 1 aliphatic heterocycles. The Morgan fingerprint density at radius 2 is 1.94 bits per heavy atom. The monoisotopic (exact) mass is 452 g/mol. The number of nitrogens with zero attached hydrogens (tertiary/aromatic N) is 3. The lowest BCUT2D eigenvalue weighted by Gasteiger charge is -2.18. The highest BCUT2D eigenvalue weighted by molar-refractivity contribution is 7.15. The fourth-order valence-electron chi connectivity index (χ4n) is 3.73. The third kappa shape index (κ3) is 4.57. The maximum atomic E-state index is 12.8. The van der Waals surface area contributed by atoms with Crippen LogP contribution < -0.4 is 19.7 Å². The minimum absolute atomic E-state index is 0.0501. The Labute approximate surface area is 190 Å². The predicted octanol–water partition coefficient (Wildman–Crippen LogP) is 3.45. The summed E-state index contributed by atoms with van der Waals surface area (Å²) in [7, 11) is 3.18. The molecule has 0 spiro atoms. The van der Waals surface area contributed by atoms with Gasteiger partial charge in [-0.2, -0.15) is 0 Å². The molecule has 3 aromatic rings. The molecule has 0 unspecified atom stereocenters. The van der Waals surface area contributed by atoms with Crippen molar-refractivity contribution in [1.82, 2.24) is 10.2 Å². The van der Waals surface area contributed by atoms with Gasteiger partial charge in [-0.15, -0.1) is 10.2 Å². The quantitative estimate of drug-likeness (QED) is 0.590. The zero-order valence-corrected chi connectivity index (χ0v) is 18.9. The standard InChI is InChI=1S/C23H24N4O4S/c1-14-6-4-5-7-17(14)27-13-16(12-21(27)28)22(29)24-23-26-25-20(32-23)11-15-8-9-18(30-2)19(10-15)31-3/h4-10,16H,11-13H2,1-3H3,(H,24,26,29)/t16-/m0/s1. The number of amides is 2. The fraction of sp³-hybridized carbons (Fsp3) is 0.304. The summed E-state index contributed by atoms with van der Waals surface area (Å²) in [6.45, 7) is 2.31. The zero-order valence-electron chi connectivity index (χ0n) is 18.1. The predicted molar refractivity (Wildman–Crippen MR) is 123 cm³/mol. The van der Waals surface area contributed by atoms with Crippen molar-refractivity contribution in [3.05, 3.63) is 58.6 Å². The summed E-state index contributed by atoms with van der Waals surface area (Å²) in [4.78, 5) is 26.9. The normalized spacial score (nSPS) is 15.7. The van der Waals surface area contributed by atoms with Gasteiger partial charge in [0.15, 0.2) is 11.5 Å². The molecule has 1 atom stereocenters. The molecule has 1 aliphatic rings. The summed E-state index contributed by atoms with van der Waals surface area (Å²) in [5.74, 6) is 0.605. The van der Waals surface area contributed by atoms with Gasteiger partial charge in [-0.05, 0) is 36.2 Å². The fourth-order valence-corrected chi connectivity index (χ4v) is 4.51. The van der Waals surface area contributed by atoms with Crippen molar-refractivity contribution in [2.24, 2.45) is 5.92 Å². The van der Waals surface area contributed by atoms with E-state index in [0.717, 1.165) is 21.8 Å². The molecule has 2 amide bonds. The second kappa shape index (κ2) is 9.35. The number of carbonyl (C=O) groups is 2. The van der Waals surface area contributed by atoms with Crippen LogP contribution in [0.3, 0.4) is 0 Å². The van der Waals surface area contributed by atoms with Gasteiger partial charge in [-0.1, -0.05) is 35.6 Å². The molecule has 1 aromatic heterocycles. The molecule has 2 heterocycles. The average molecular weight is 453 g/mol. The molecule has 4 rings (SSSR count). The Morgan fingerprint density at radius 3 is 2.69 bits per heavy atom. The maximum absolute atomic E-state index is 12.8. The van der Waals surface area contributed by atoms with Crippen molar-refractivity contribution in [3.63, 3.8) is 0 Å². The highest BCUT2D eigenvalue weighted by Crippen LogP contribution is 2.30. The van der Waals surface area contributed by atoms with Gasteiger partial charge < -0.3 is 19.7 Å². The lowest BCUT2D eigenvalue weighted by molar-refractivity contribution is -0.122. The van der Waals surface area contributed by atoms with Crippen LogP contribution >= 0.6 is 11.3 Å². The minimum atomic E-state index is -0.430. The van der Waals surface area contributed by atoms with E-state index in [1.165, 1.54) is 11.3 Å². The van der Waals surface area contributed by atoms with Gasteiger partial charge in [-0.25, -0.2) is 0 Å². The number of nitrogens with one attached hydrogen (secondary N) is 1. The van der Waals surface area contributed by atoms with Crippen molar-refractivity contribution in [3.8, 4) is 11.5 Å². The number of aryl methyl sites for hydroxylation is 1. The van der Waals surface area contributed by atoms with E-state index >= 15 is 0 Å². The molecule has 1 N–H and O–H groups in total. The lowest BCUT2D eigenvalue weighted by atomic mass is 10.1. The largest absolute Gasteiger partial charge is 0.493 e. The number of methoxy groups -OCH3 is 2. The lowest BCUT2D eigenvalue weighted by Crippen LogP contribution is -2.28. The highest BCUT2D eigenvalue weighted by atomic mass is 32.1. The third-order valence-corrected chi connectivity index (χ3v) is 6.24. The van der Waals surface area contributed by atoms with Gasteiger partial charge >= 0.3 is 0 Å². The second-order valence-electron chi connectivity index (χ2n) is 7.55. The molecule has 166 valence electrons. The van der Waals surface area contributed by atoms with E-state index in [2.05, 4.69) is 15.5 Å². The summed E-state index contributed by atoms with van der Waals surface area (Å²) in [6.07, 6.45) is 0.730. The van der Waals surface area contributed by atoms with E-state index in [-0.39, 0.29) is 18.2 Å². The third-order valence-electron chi connectivity index (χ3n) is 5.40. The van der Waals surface area contributed by atoms with Crippen LogP contribution in [-0.4, -0.2) is 42.8 Å². The molecule has 0 saturated carbocycles. The van der Waals surface area contributed by atoms with Crippen LogP contribution in [0.25, 0.3) is 0 Å². The van der Waals surface area contributed by atoms with E-state index < -0.39 is 5.92 Å². The Hall–Kier alpha value is -3.46. The topological polar surface area (TPSA) is 93.7 Å². The van der Waals surface area contributed by atoms with Gasteiger partial charge in [0, 0.05) is 25.1 Å². The molecular formula is C23H24N4O4S. The van der Waals surface area contributed by atoms with Gasteiger partial charge in [0.05, 0.1) is 20.1 Å². The van der Waals surface area contributed by atoms with Gasteiger partial charge in [0.25, 0.3) is 0 Å². The van der Waals surface area contributed by atoms with Crippen molar-refractivity contribution in [2.45, 2.75) is 19.8 Å². The van der Waals surface area contributed by atoms with Crippen LogP contribution in [0.2, 0.25) is 0 Å². The number of ether oxygens (including phenoxy) is 2. The summed E-state index contributed by atoms with van der Waals surface area (Å²) in [5, 5.41) is 12.3. The molecule has 32 heavy (non-hydrogen) atoms. The minimum Gasteiger partial charge on any atom is -0.493 e. The number of carbonyl (C=O) groups excluding carboxylic acids is 2. The first-order valence-electron chi connectivity index (χ1n) is 10.2. The van der Waals surface area contributed by atoms with Crippen molar-refractivity contribution < 1.29 is 19.1 Å². The highest BCUT2D eigenvalue weighted by Gasteiger charge is 2.36. The van der Waals surface area contributed by atoms with Crippen LogP contribution in [0.5, 0.6) is 11.5 Å². The van der Waals surface area contributed by atoms with E-state index in [4.69, 9.17) is 9.47 Å². The number of aromatic nitrogens is 2. The Balaban J connectivity index is 1.39. The summed E-state index contributed by atoms with van der Waals surface area (Å²) in [5.41, 5.74) is 2.85. The zero-order chi connectivity index (χ0) is 22.7. The second-order valence-corrected chi connectivity index (χ2v) is 8.61.